The minimum Gasteiger partial charge on any atom is -0.386 e. The molecule has 4 nitrogen and oxygen atoms in total. The SMILES string of the molecule is CNCC(C)C(=O)NCC(O)c1ccccc1F.Cl. The normalized spacial score (nSPS) is 13.3. The van der Waals surface area contributed by atoms with Gasteiger partial charge in [0.15, 0.2) is 0 Å². The fourth-order valence-electron chi connectivity index (χ4n) is 1.63. The minimum absolute atomic E-state index is 0. The fraction of sp³-hybridized carbons (Fsp3) is 0.462. The van der Waals surface area contributed by atoms with Gasteiger partial charge in [-0.1, -0.05) is 25.1 Å². The molecule has 0 saturated heterocycles. The molecule has 0 aliphatic heterocycles. The molecule has 3 N–H and O–H groups in total. The molecule has 0 fully saturated rings. The van der Waals surface area contributed by atoms with Crippen molar-refractivity contribution >= 4 is 18.3 Å². The van der Waals surface area contributed by atoms with Gasteiger partial charge in [-0.2, -0.15) is 0 Å². The van der Waals surface area contributed by atoms with E-state index in [1.54, 1.807) is 26.1 Å². The molecule has 0 saturated carbocycles. The molecule has 1 rings (SSSR count). The lowest BCUT2D eigenvalue weighted by molar-refractivity contribution is -0.124. The van der Waals surface area contributed by atoms with Crippen LogP contribution >= 0.6 is 12.4 Å². The van der Waals surface area contributed by atoms with E-state index < -0.39 is 11.9 Å². The van der Waals surface area contributed by atoms with Gasteiger partial charge in [0.2, 0.25) is 5.91 Å². The number of carbonyl (C=O) groups is 1. The molecule has 0 aromatic heterocycles. The van der Waals surface area contributed by atoms with Crippen LogP contribution in [0.15, 0.2) is 24.3 Å². The van der Waals surface area contributed by atoms with E-state index in [1.165, 1.54) is 12.1 Å². The predicted octanol–water partition coefficient (Wildman–Crippen LogP) is 1.25. The molecule has 0 aliphatic rings. The number of amides is 1. The summed E-state index contributed by atoms with van der Waals surface area (Å²) in [5.74, 6) is -0.829. The molecule has 0 bridgehead atoms. The Kier molecular flexibility index (Phi) is 8.30. The van der Waals surface area contributed by atoms with Crippen LogP contribution in [-0.4, -0.2) is 31.2 Å². The van der Waals surface area contributed by atoms with Crippen molar-refractivity contribution in [2.24, 2.45) is 5.92 Å². The first-order valence-electron chi connectivity index (χ1n) is 5.91. The molecule has 6 heteroatoms. The van der Waals surface area contributed by atoms with E-state index in [9.17, 15) is 14.3 Å². The van der Waals surface area contributed by atoms with Gasteiger partial charge in [0.05, 0.1) is 6.10 Å². The number of rotatable bonds is 6. The van der Waals surface area contributed by atoms with Crippen molar-refractivity contribution < 1.29 is 14.3 Å². The van der Waals surface area contributed by atoms with E-state index in [-0.39, 0.29) is 36.3 Å². The van der Waals surface area contributed by atoms with Crippen LogP contribution in [-0.2, 0) is 4.79 Å². The maximum atomic E-state index is 13.4. The standard InChI is InChI=1S/C13H19FN2O2.ClH/c1-9(7-15-2)13(18)16-8-12(17)10-5-3-4-6-11(10)14;/h3-6,9,12,15,17H,7-8H2,1-2H3,(H,16,18);1H. The lowest BCUT2D eigenvalue weighted by Gasteiger charge is -2.15. The second kappa shape index (κ2) is 8.85. The van der Waals surface area contributed by atoms with Gasteiger partial charge < -0.3 is 15.7 Å². The Morgan fingerprint density at radius 3 is 2.58 bits per heavy atom. The summed E-state index contributed by atoms with van der Waals surface area (Å²) in [5, 5.41) is 15.3. The topological polar surface area (TPSA) is 61.4 Å². The van der Waals surface area contributed by atoms with Crippen molar-refractivity contribution in [2.45, 2.75) is 13.0 Å². The van der Waals surface area contributed by atoms with Crippen LogP contribution in [0.5, 0.6) is 0 Å². The Bertz CT molecular complexity index is 404. The van der Waals surface area contributed by atoms with Crippen LogP contribution in [0.1, 0.15) is 18.6 Å². The molecule has 0 aliphatic carbocycles. The second-order valence-electron chi connectivity index (χ2n) is 4.24. The monoisotopic (exact) mass is 290 g/mol. The summed E-state index contributed by atoms with van der Waals surface area (Å²) in [6.07, 6.45) is -1.03. The van der Waals surface area contributed by atoms with E-state index >= 15 is 0 Å². The highest BCUT2D eigenvalue weighted by molar-refractivity contribution is 5.85. The Morgan fingerprint density at radius 2 is 2.00 bits per heavy atom. The summed E-state index contributed by atoms with van der Waals surface area (Å²) >= 11 is 0. The third-order valence-electron chi connectivity index (χ3n) is 2.69. The molecule has 0 radical (unpaired) electrons. The Hall–Kier alpha value is -1.17. The van der Waals surface area contributed by atoms with E-state index in [0.717, 1.165) is 0 Å². The Labute approximate surface area is 118 Å². The number of halogens is 2. The number of carbonyl (C=O) groups excluding carboxylic acids is 1. The molecule has 1 aromatic carbocycles. The highest BCUT2D eigenvalue weighted by atomic mass is 35.5. The average Bonchev–Trinajstić information content (AvgIpc) is 2.36. The minimum atomic E-state index is -1.03. The number of nitrogens with one attached hydrogen (secondary N) is 2. The third-order valence-corrected chi connectivity index (χ3v) is 2.69. The van der Waals surface area contributed by atoms with Gasteiger partial charge in [0, 0.05) is 24.6 Å². The molecule has 0 spiro atoms. The van der Waals surface area contributed by atoms with Gasteiger partial charge in [0.1, 0.15) is 5.82 Å². The first kappa shape index (κ1) is 17.8. The number of aliphatic hydroxyl groups is 1. The van der Waals surface area contributed by atoms with E-state index in [1.807, 2.05) is 0 Å². The van der Waals surface area contributed by atoms with Gasteiger partial charge in [0.25, 0.3) is 0 Å². The molecule has 0 heterocycles. The molecule has 108 valence electrons. The van der Waals surface area contributed by atoms with Crippen molar-refractivity contribution in [1.29, 1.82) is 0 Å². The van der Waals surface area contributed by atoms with Crippen molar-refractivity contribution in [3.63, 3.8) is 0 Å². The van der Waals surface area contributed by atoms with Gasteiger partial charge in [-0.3, -0.25) is 4.79 Å². The zero-order chi connectivity index (χ0) is 13.5. The van der Waals surface area contributed by atoms with Crippen LogP contribution in [0.2, 0.25) is 0 Å². The lowest BCUT2D eigenvalue weighted by Crippen LogP contribution is -2.36. The number of hydrogen-bond donors (Lipinski definition) is 3. The predicted molar refractivity (Wildman–Crippen MR) is 74.7 cm³/mol. The van der Waals surface area contributed by atoms with Crippen LogP contribution in [0.4, 0.5) is 4.39 Å². The Morgan fingerprint density at radius 1 is 1.37 bits per heavy atom. The summed E-state index contributed by atoms with van der Waals surface area (Å²) in [6, 6.07) is 5.99. The highest BCUT2D eigenvalue weighted by Crippen LogP contribution is 2.15. The quantitative estimate of drug-likeness (QED) is 0.739. The van der Waals surface area contributed by atoms with Crippen molar-refractivity contribution in [3.05, 3.63) is 35.6 Å². The van der Waals surface area contributed by atoms with Crippen LogP contribution < -0.4 is 10.6 Å². The number of aliphatic hydroxyl groups excluding tert-OH is 1. The molecule has 1 amide bonds. The first-order valence-corrected chi connectivity index (χ1v) is 5.91. The van der Waals surface area contributed by atoms with Gasteiger partial charge in [-0.25, -0.2) is 4.39 Å². The third kappa shape index (κ3) is 5.55. The first-order chi connectivity index (χ1) is 8.56. The highest BCUT2D eigenvalue weighted by Gasteiger charge is 2.16. The van der Waals surface area contributed by atoms with Gasteiger partial charge in [-0.05, 0) is 13.1 Å². The van der Waals surface area contributed by atoms with Crippen LogP contribution in [0.25, 0.3) is 0 Å². The second-order valence-corrected chi connectivity index (χ2v) is 4.24. The molecule has 1 aromatic rings. The number of hydrogen-bond acceptors (Lipinski definition) is 3. The summed E-state index contributed by atoms with van der Waals surface area (Å²) in [5.41, 5.74) is 0.194. The van der Waals surface area contributed by atoms with E-state index in [2.05, 4.69) is 10.6 Å². The van der Waals surface area contributed by atoms with Gasteiger partial charge >= 0.3 is 0 Å². The Balaban J connectivity index is 0.00000324. The average molecular weight is 291 g/mol. The largest absolute Gasteiger partial charge is 0.386 e. The smallest absolute Gasteiger partial charge is 0.224 e. The summed E-state index contributed by atoms with van der Waals surface area (Å²) < 4.78 is 13.4. The van der Waals surface area contributed by atoms with Crippen molar-refractivity contribution in [3.8, 4) is 0 Å². The molecular formula is C13H20ClFN2O2. The van der Waals surface area contributed by atoms with Crippen molar-refractivity contribution in [2.75, 3.05) is 20.1 Å². The van der Waals surface area contributed by atoms with E-state index in [4.69, 9.17) is 0 Å². The van der Waals surface area contributed by atoms with Crippen LogP contribution in [0, 0.1) is 11.7 Å². The fourth-order valence-corrected chi connectivity index (χ4v) is 1.63. The molecule has 2 unspecified atom stereocenters. The summed E-state index contributed by atoms with van der Waals surface area (Å²) in [7, 11) is 1.76. The number of benzene rings is 1. The summed E-state index contributed by atoms with van der Waals surface area (Å²) in [6.45, 7) is 2.34. The zero-order valence-corrected chi connectivity index (χ0v) is 11.8. The maximum absolute atomic E-state index is 13.4. The zero-order valence-electron chi connectivity index (χ0n) is 11.0. The maximum Gasteiger partial charge on any atom is 0.224 e. The van der Waals surface area contributed by atoms with Crippen LogP contribution in [0.3, 0.4) is 0 Å². The van der Waals surface area contributed by atoms with E-state index in [0.29, 0.717) is 6.54 Å². The molecule has 2 atom stereocenters. The molecule has 19 heavy (non-hydrogen) atoms. The summed E-state index contributed by atoms with van der Waals surface area (Å²) in [4.78, 5) is 11.6. The van der Waals surface area contributed by atoms with Gasteiger partial charge in [-0.15, -0.1) is 12.4 Å². The molecular weight excluding hydrogens is 271 g/mol. The van der Waals surface area contributed by atoms with Crippen molar-refractivity contribution in [1.82, 2.24) is 10.6 Å². The lowest BCUT2D eigenvalue weighted by atomic mass is 10.1.